The summed E-state index contributed by atoms with van der Waals surface area (Å²) in [5, 5.41) is 14.3. The standard InChI is InChI=1S/C14H19N3O2/c1-15-10-7-12-5-6-13(8-10)16(12)11-3-2-4-14(9-11)17(18)19/h2-4,9-10,12-13,15H,5-8H2,1H3. The van der Waals surface area contributed by atoms with E-state index < -0.39 is 0 Å². The number of anilines is 1. The minimum Gasteiger partial charge on any atom is -0.365 e. The second kappa shape index (κ2) is 4.81. The Morgan fingerprint density at radius 2 is 2.00 bits per heavy atom. The van der Waals surface area contributed by atoms with Crippen LogP contribution in [0.1, 0.15) is 25.7 Å². The van der Waals surface area contributed by atoms with Gasteiger partial charge in [0, 0.05) is 35.9 Å². The Morgan fingerprint density at radius 1 is 1.32 bits per heavy atom. The number of nitrogens with zero attached hydrogens (tertiary/aromatic N) is 2. The predicted octanol–water partition coefficient (Wildman–Crippen LogP) is 2.31. The third-order valence-corrected chi connectivity index (χ3v) is 4.48. The second-order valence-electron chi connectivity index (χ2n) is 5.53. The fourth-order valence-electron chi connectivity index (χ4n) is 3.60. The topological polar surface area (TPSA) is 58.4 Å². The normalized spacial score (nSPS) is 29.5. The minimum atomic E-state index is -0.314. The molecule has 2 heterocycles. The summed E-state index contributed by atoms with van der Waals surface area (Å²) in [6.45, 7) is 0. The van der Waals surface area contributed by atoms with Gasteiger partial charge in [-0.1, -0.05) is 6.07 Å². The molecule has 5 nitrogen and oxygen atoms in total. The number of nitrogens with one attached hydrogen (secondary N) is 1. The van der Waals surface area contributed by atoms with Crippen LogP contribution in [0.5, 0.6) is 0 Å². The van der Waals surface area contributed by atoms with E-state index in [0.717, 1.165) is 18.5 Å². The molecular formula is C14H19N3O2. The van der Waals surface area contributed by atoms with Gasteiger partial charge in [0.05, 0.1) is 4.92 Å². The van der Waals surface area contributed by atoms with Crippen LogP contribution < -0.4 is 10.2 Å². The van der Waals surface area contributed by atoms with E-state index >= 15 is 0 Å². The highest BCUT2D eigenvalue weighted by atomic mass is 16.6. The Hall–Kier alpha value is -1.62. The lowest BCUT2D eigenvalue weighted by Crippen LogP contribution is -2.48. The molecule has 1 aromatic rings. The highest BCUT2D eigenvalue weighted by Crippen LogP contribution is 2.39. The van der Waals surface area contributed by atoms with Crippen LogP contribution in [0.25, 0.3) is 0 Å². The molecule has 0 spiro atoms. The summed E-state index contributed by atoms with van der Waals surface area (Å²) in [7, 11) is 2.02. The van der Waals surface area contributed by atoms with Crippen molar-refractivity contribution in [2.75, 3.05) is 11.9 Å². The molecule has 2 bridgehead atoms. The van der Waals surface area contributed by atoms with Crippen molar-refractivity contribution in [1.82, 2.24) is 5.32 Å². The van der Waals surface area contributed by atoms with Gasteiger partial charge in [0.1, 0.15) is 0 Å². The molecule has 2 atom stereocenters. The van der Waals surface area contributed by atoms with Gasteiger partial charge in [-0.15, -0.1) is 0 Å². The number of rotatable bonds is 3. The van der Waals surface area contributed by atoms with E-state index in [1.165, 1.54) is 12.8 Å². The predicted molar refractivity (Wildman–Crippen MR) is 74.5 cm³/mol. The summed E-state index contributed by atoms with van der Waals surface area (Å²) in [5.74, 6) is 0. The Morgan fingerprint density at radius 3 is 2.58 bits per heavy atom. The zero-order chi connectivity index (χ0) is 13.4. The molecule has 0 aliphatic carbocycles. The zero-order valence-electron chi connectivity index (χ0n) is 11.1. The molecule has 2 fully saturated rings. The van der Waals surface area contributed by atoms with Crippen LogP contribution in [0, 0.1) is 10.1 Å². The number of fused-ring (bicyclic) bond motifs is 2. The molecular weight excluding hydrogens is 242 g/mol. The van der Waals surface area contributed by atoms with Crippen LogP contribution in [0.15, 0.2) is 24.3 Å². The minimum absolute atomic E-state index is 0.188. The summed E-state index contributed by atoms with van der Waals surface area (Å²) in [4.78, 5) is 13.0. The fraction of sp³-hybridized carbons (Fsp3) is 0.571. The molecule has 2 aliphatic rings. The molecule has 2 aliphatic heterocycles. The van der Waals surface area contributed by atoms with Gasteiger partial charge in [0.25, 0.3) is 5.69 Å². The quantitative estimate of drug-likeness (QED) is 0.670. The Balaban J connectivity index is 1.87. The summed E-state index contributed by atoms with van der Waals surface area (Å²) < 4.78 is 0. The van der Waals surface area contributed by atoms with Gasteiger partial charge in [0.2, 0.25) is 0 Å². The molecule has 0 aromatic heterocycles. The second-order valence-corrected chi connectivity index (χ2v) is 5.53. The van der Waals surface area contributed by atoms with E-state index in [0.29, 0.717) is 18.1 Å². The van der Waals surface area contributed by atoms with E-state index in [-0.39, 0.29) is 10.6 Å². The maximum atomic E-state index is 10.9. The lowest BCUT2D eigenvalue weighted by Gasteiger charge is -2.40. The fourth-order valence-corrected chi connectivity index (χ4v) is 3.60. The van der Waals surface area contributed by atoms with Gasteiger partial charge in [0.15, 0.2) is 0 Å². The SMILES string of the molecule is CNC1CC2CCC(C1)N2c1cccc([N+](=O)[O-])c1. The van der Waals surface area contributed by atoms with Crippen molar-refractivity contribution in [3.63, 3.8) is 0 Å². The summed E-state index contributed by atoms with van der Waals surface area (Å²) in [6, 6.07) is 8.70. The number of piperidine rings is 1. The van der Waals surface area contributed by atoms with Gasteiger partial charge in [-0.25, -0.2) is 0 Å². The van der Waals surface area contributed by atoms with E-state index in [2.05, 4.69) is 10.2 Å². The van der Waals surface area contributed by atoms with Crippen molar-refractivity contribution in [2.45, 2.75) is 43.8 Å². The molecule has 1 aromatic carbocycles. The first kappa shape index (κ1) is 12.4. The molecule has 0 radical (unpaired) electrons. The first-order valence-corrected chi connectivity index (χ1v) is 6.89. The lowest BCUT2D eigenvalue weighted by atomic mass is 9.96. The summed E-state index contributed by atoms with van der Waals surface area (Å²) in [6.07, 6.45) is 4.67. The molecule has 3 rings (SSSR count). The van der Waals surface area contributed by atoms with Crippen LogP contribution in [0.4, 0.5) is 11.4 Å². The number of nitro groups is 1. The molecule has 2 saturated heterocycles. The average Bonchev–Trinajstić information content (AvgIpc) is 2.69. The molecule has 0 amide bonds. The summed E-state index contributed by atoms with van der Waals surface area (Å²) >= 11 is 0. The Labute approximate surface area is 112 Å². The van der Waals surface area contributed by atoms with Crippen LogP contribution in [-0.4, -0.2) is 30.1 Å². The van der Waals surface area contributed by atoms with Crippen LogP contribution in [-0.2, 0) is 0 Å². The van der Waals surface area contributed by atoms with Crippen molar-refractivity contribution >= 4 is 11.4 Å². The van der Waals surface area contributed by atoms with Gasteiger partial charge in [-0.2, -0.15) is 0 Å². The van der Waals surface area contributed by atoms with E-state index in [1.54, 1.807) is 18.2 Å². The molecule has 102 valence electrons. The number of non-ortho nitro benzene ring substituents is 1. The highest BCUT2D eigenvalue weighted by molar-refractivity contribution is 5.56. The third kappa shape index (κ3) is 2.18. The van der Waals surface area contributed by atoms with Crippen molar-refractivity contribution in [3.8, 4) is 0 Å². The first-order valence-electron chi connectivity index (χ1n) is 6.89. The Bertz CT molecular complexity index is 477. The van der Waals surface area contributed by atoms with Crippen LogP contribution >= 0.6 is 0 Å². The number of hydrogen-bond acceptors (Lipinski definition) is 4. The van der Waals surface area contributed by atoms with E-state index in [1.807, 2.05) is 13.1 Å². The third-order valence-electron chi connectivity index (χ3n) is 4.48. The van der Waals surface area contributed by atoms with E-state index in [4.69, 9.17) is 0 Å². The van der Waals surface area contributed by atoms with E-state index in [9.17, 15) is 10.1 Å². The number of nitro benzene ring substituents is 1. The average molecular weight is 261 g/mol. The lowest BCUT2D eigenvalue weighted by molar-refractivity contribution is -0.384. The molecule has 0 saturated carbocycles. The summed E-state index contributed by atoms with van der Waals surface area (Å²) in [5.41, 5.74) is 1.20. The smallest absolute Gasteiger partial charge is 0.271 e. The van der Waals surface area contributed by atoms with Crippen molar-refractivity contribution in [2.24, 2.45) is 0 Å². The number of hydrogen-bond donors (Lipinski definition) is 1. The zero-order valence-corrected chi connectivity index (χ0v) is 11.1. The monoisotopic (exact) mass is 261 g/mol. The van der Waals surface area contributed by atoms with Gasteiger partial charge in [-0.3, -0.25) is 10.1 Å². The van der Waals surface area contributed by atoms with Gasteiger partial charge >= 0.3 is 0 Å². The van der Waals surface area contributed by atoms with Crippen molar-refractivity contribution in [3.05, 3.63) is 34.4 Å². The van der Waals surface area contributed by atoms with Crippen LogP contribution in [0.3, 0.4) is 0 Å². The van der Waals surface area contributed by atoms with Gasteiger partial charge in [-0.05, 0) is 38.8 Å². The number of benzene rings is 1. The Kier molecular flexibility index (Phi) is 3.14. The molecule has 2 unspecified atom stereocenters. The molecule has 5 heteroatoms. The first-order chi connectivity index (χ1) is 9.19. The van der Waals surface area contributed by atoms with Gasteiger partial charge < -0.3 is 10.2 Å². The van der Waals surface area contributed by atoms with Crippen molar-refractivity contribution < 1.29 is 4.92 Å². The maximum Gasteiger partial charge on any atom is 0.271 e. The maximum absolute atomic E-state index is 10.9. The van der Waals surface area contributed by atoms with Crippen molar-refractivity contribution in [1.29, 1.82) is 0 Å². The van der Waals surface area contributed by atoms with Crippen LogP contribution in [0.2, 0.25) is 0 Å². The largest absolute Gasteiger partial charge is 0.365 e. The highest BCUT2D eigenvalue weighted by Gasteiger charge is 2.40. The molecule has 19 heavy (non-hydrogen) atoms. The molecule has 1 N–H and O–H groups in total.